The van der Waals surface area contributed by atoms with Crippen LogP contribution >= 0.6 is 0 Å². The van der Waals surface area contributed by atoms with E-state index in [0.717, 1.165) is 61.6 Å². The van der Waals surface area contributed by atoms with Crippen LogP contribution in [0.15, 0.2) is 132 Å². The summed E-state index contributed by atoms with van der Waals surface area (Å²) < 4.78 is 8.90. The molecule has 0 fully saturated rings. The first-order valence-electron chi connectivity index (χ1n) is 14.3. The average molecular weight is 541 g/mol. The van der Waals surface area contributed by atoms with E-state index >= 15 is 0 Å². The molecular formula is C37H24N4O. The van der Waals surface area contributed by atoms with Crippen molar-refractivity contribution in [3.05, 3.63) is 133 Å². The number of furan rings is 1. The number of hydrogen-bond donors (Lipinski definition) is 0. The number of nitrogens with zero attached hydrogens (tertiary/aromatic N) is 4. The Morgan fingerprint density at radius 3 is 2.17 bits per heavy atom. The van der Waals surface area contributed by atoms with Crippen LogP contribution in [0.25, 0.3) is 71.9 Å². The van der Waals surface area contributed by atoms with Crippen LogP contribution in [-0.4, -0.2) is 19.5 Å². The molecule has 1 atom stereocenters. The minimum atomic E-state index is 0.0688. The molecule has 0 aliphatic heterocycles. The second kappa shape index (κ2) is 8.98. The predicted octanol–water partition coefficient (Wildman–Crippen LogP) is 9.29. The zero-order chi connectivity index (χ0) is 27.6. The summed E-state index contributed by atoms with van der Waals surface area (Å²) in [4.78, 5) is 15.3. The number of benzene rings is 5. The van der Waals surface area contributed by atoms with Crippen LogP contribution in [0.4, 0.5) is 0 Å². The number of hydrogen-bond acceptors (Lipinski definition) is 4. The molecule has 0 N–H and O–H groups in total. The highest BCUT2D eigenvalue weighted by molar-refractivity contribution is 6.34. The van der Waals surface area contributed by atoms with Crippen LogP contribution in [0.2, 0.25) is 0 Å². The van der Waals surface area contributed by atoms with Gasteiger partial charge in [0.25, 0.3) is 0 Å². The molecule has 3 heterocycles. The van der Waals surface area contributed by atoms with Gasteiger partial charge in [0, 0.05) is 33.0 Å². The largest absolute Gasteiger partial charge is 0.454 e. The summed E-state index contributed by atoms with van der Waals surface area (Å²) in [6.45, 7) is 0. The van der Waals surface area contributed by atoms with E-state index in [9.17, 15) is 0 Å². The minimum absolute atomic E-state index is 0.0688. The topological polar surface area (TPSA) is 56.7 Å². The maximum absolute atomic E-state index is 6.71. The van der Waals surface area contributed by atoms with Gasteiger partial charge in [-0.05, 0) is 29.3 Å². The van der Waals surface area contributed by atoms with Gasteiger partial charge < -0.3 is 4.42 Å². The Labute approximate surface area is 241 Å². The molecule has 5 aromatic carbocycles. The van der Waals surface area contributed by atoms with Gasteiger partial charge in [-0.25, -0.2) is 4.98 Å². The molecule has 3 aromatic heterocycles. The lowest BCUT2D eigenvalue weighted by molar-refractivity contribution is 0.670. The Morgan fingerprint density at radius 2 is 1.36 bits per heavy atom. The summed E-state index contributed by atoms with van der Waals surface area (Å²) in [5, 5.41) is 6.83. The van der Waals surface area contributed by atoms with Gasteiger partial charge in [-0.3, -0.25) is 4.57 Å². The first-order valence-corrected chi connectivity index (χ1v) is 14.3. The van der Waals surface area contributed by atoms with Crippen LogP contribution in [0, 0.1) is 0 Å². The van der Waals surface area contributed by atoms with Gasteiger partial charge in [0.15, 0.2) is 11.4 Å². The van der Waals surface area contributed by atoms with Gasteiger partial charge in [0.2, 0.25) is 5.95 Å². The number of aromatic nitrogens is 4. The molecule has 8 aromatic rings. The predicted molar refractivity (Wildman–Crippen MR) is 170 cm³/mol. The highest BCUT2D eigenvalue weighted by Crippen LogP contribution is 2.45. The van der Waals surface area contributed by atoms with Crippen molar-refractivity contribution < 1.29 is 4.42 Å². The Kier molecular flexibility index (Phi) is 4.96. The van der Waals surface area contributed by atoms with Gasteiger partial charge in [-0.1, -0.05) is 115 Å². The lowest BCUT2D eigenvalue weighted by Crippen LogP contribution is -2.11. The van der Waals surface area contributed by atoms with E-state index in [0.29, 0.717) is 11.8 Å². The maximum atomic E-state index is 6.71. The van der Waals surface area contributed by atoms with E-state index in [1.54, 1.807) is 0 Å². The minimum Gasteiger partial charge on any atom is -0.454 e. The fourth-order valence-electron chi connectivity index (χ4n) is 6.47. The third-order valence-corrected chi connectivity index (χ3v) is 8.34. The average Bonchev–Trinajstić information content (AvgIpc) is 3.62. The summed E-state index contributed by atoms with van der Waals surface area (Å²) >= 11 is 0. The highest BCUT2D eigenvalue weighted by Gasteiger charge is 2.25. The van der Waals surface area contributed by atoms with Crippen molar-refractivity contribution in [2.24, 2.45) is 0 Å². The molecule has 198 valence electrons. The van der Waals surface area contributed by atoms with Crippen molar-refractivity contribution >= 4 is 54.5 Å². The van der Waals surface area contributed by atoms with Crippen molar-refractivity contribution in [1.82, 2.24) is 19.5 Å². The molecule has 1 aliphatic rings. The normalized spacial score (nSPS) is 15.1. The van der Waals surface area contributed by atoms with Crippen LogP contribution < -0.4 is 0 Å². The van der Waals surface area contributed by atoms with Gasteiger partial charge in [0.1, 0.15) is 16.9 Å². The molecule has 0 saturated carbocycles. The molecule has 0 saturated heterocycles. The van der Waals surface area contributed by atoms with Crippen molar-refractivity contribution in [3.63, 3.8) is 0 Å². The summed E-state index contributed by atoms with van der Waals surface area (Å²) in [6.07, 6.45) is 9.34. The quantitative estimate of drug-likeness (QED) is 0.224. The van der Waals surface area contributed by atoms with Gasteiger partial charge in [0.05, 0.1) is 5.52 Å². The molecule has 5 heteroatoms. The summed E-state index contributed by atoms with van der Waals surface area (Å²) in [6, 6.07) is 35.6. The molecule has 0 amide bonds. The Hall–Kier alpha value is -5.55. The van der Waals surface area contributed by atoms with E-state index in [1.165, 1.54) is 10.8 Å². The number of para-hydroxylation sites is 2. The van der Waals surface area contributed by atoms with Crippen LogP contribution in [-0.2, 0) is 0 Å². The molecular weight excluding hydrogens is 516 g/mol. The van der Waals surface area contributed by atoms with Crippen molar-refractivity contribution in [3.8, 4) is 17.3 Å². The van der Waals surface area contributed by atoms with E-state index in [4.69, 9.17) is 19.4 Å². The summed E-state index contributed by atoms with van der Waals surface area (Å²) in [7, 11) is 0. The second-order valence-corrected chi connectivity index (χ2v) is 10.8. The molecule has 0 radical (unpaired) electrons. The van der Waals surface area contributed by atoms with Crippen molar-refractivity contribution in [2.45, 2.75) is 12.3 Å². The van der Waals surface area contributed by atoms with E-state index in [-0.39, 0.29) is 5.92 Å². The molecule has 5 nitrogen and oxygen atoms in total. The molecule has 0 spiro atoms. The summed E-state index contributed by atoms with van der Waals surface area (Å²) in [5.74, 6) is 2.07. The first kappa shape index (κ1) is 23.2. The number of rotatable bonds is 3. The zero-order valence-electron chi connectivity index (χ0n) is 22.6. The lowest BCUT2D eigenvalue weighted by atomic mass is 9.99. The van der Waals surface area contributed by atoms with E-state index in [1.807, 2.05) is 30.3 Å². The Balaban J connectivity index is 1.48. The fraction of sp³-hybridized carbons (Fsp3) is 0.0541. The van der Waals surface area contributed by atoms with Crippen LogP contribution in [0.1, 0.15) is 18.2 Å². The second-order valence-electron chi connectivity index (χ2n) is 10.8. The molecule has 0 bridgehead atoms. The Morgan fingerprint density at radius 1 is 0.643 bits per heavy atom. The van der Waals surface area contributed by atoms with Gasteiger partial charge >= 0.3 is 0 Å². The van der Waals surface area contributed by atoms with Gasteiger partial charge in [-0.2, -0.15) is 9.97 Å². The van der Waals surface area contributed by atoms with E-state index < -0.39 is 0 Å². The third-order valence-electron chi connectivity index (χ3n) is 8.34. The zero-order valence-corrected chi connectivity index (χ0v) is 22.6. The van der Waals surface area contributed by atoms with Crippen molar-refractivity contribution in [1.29, 1.82) is 0 Å². The number of fused-ring (bicyclic) bond motifs is 10. The third kappa shape index (κ3) is 3.34. The van der Waals surface area contributed by atoms with E-state index in [2.05, 4.69) is 102 Å². The molecule has 9 rings (SSSR count). The monoisotopic (exact) mass is 540 g/mol. The standard InChI is InChI=1S/C37H24N4O/c1-3-13-23(14-4-1)35-38-36(24-15-5-2-6-16-24)40-37(39-35)41-29-21-11-9-19-27(29)31-25-17-7-8-18-26(25)32-28-20-10-12-22-30(28)42-34(32)33(31)41/h1-15,17-22,24H,16H2. The molecule has 42 heavy (non-hydrogen) atoms. The summed E-state index contributed by atoms with van der Waals surface area (Å²) in [5.41, 5.74) is 4.65. The maximum Gasteiger partial charge on any atom is 0.238 e. The fourth-order valence-corrected chi connectivity index (χ4v) is 6.47. The van der Waals surface area contributed by atoms with Crippen molar-refractivity contribution in [2.75, 3.05) is 0 Å². The Bertz CT molecular complexity index is 2390. The van der Waals surface area contributed by atoms with Crippen LogP contribution in [0.5, 0.6) is 0 Å². The first-order chi connectivity index (χ1) is 20.8. The van der Waals surface area contributed by atoms with Crippen LogP contribution in [0.3, 0.4) is 0 Å². The smallest absolute Gasteiger partial charge is 0.238 e. The molecule has 1 unspecified atom stereocenters. The lowest BCUT2D eigenvalue weighted by Gasteiger charge is -2.15. The number of allylic oxidation sites excluding steroid dienone is 4. The molecule has 1 aliphatic carbocycles. The SMILES string of the molecule is C1=CCC(c2nc(-c3ccccc3)nc(-n3c4ccccc4c4c5ccccc5c5c6ccccc6oc5c43)n2)C=C1. The highest BCUT2D eigenvalue weighted by atomic mass is 16.3. The van der Waals surface area contributed by atoms with Gasteiger partial charge in [-0.15, -0.1) is 0 Å².